The van der Waals surface area contributed by atoms with E-state index in [0.717, 1.165) is 43.7 Å². The first kappa shape index (κ1) is 15.4. The van der Waals surface area contributed by atoms with Crippen LogP contribution >= 0.6 is 12.4 Å². The van der Waals surface area contributed by atoms with Gasteiger partial charge in [0.05, 0.1) is 0 Å². The number of rotatable bonds is 3. The van der Waals surface area contributed by atoms with Crippen LogP contribution in [0, 0.1) is 12.7 Å². The van der Waals surface area contributed by atoms with E-state index < -0.39 is 0 Å². The zero-order valence-corrected chi connectivity index (χ0v) is 11.9. The van der Waals surface area contributed by atoms with Gasteiger partial charge in [0.15, 0.2) is 0 Å². The van der Waals surface area contributed by atoms with Gasteiger partial charge in [0.2, 0.25) is 0 Å². The third-order valence-electron chi connectivity index (χ3n) is 3.65. The van der Waals surface area contributed by atoms with Crippen molar-refractivity contribution in [1.29, 1.82) is 0 Å². The standard InChI is InChI=1S/C14H21FN2.ClH/c1-3-14(17-9-7-16-8-10-17)12-5-4-6-13(15)11(12)2;/h4-6,14,16H,3,7-10H2,1-2H3;1H/t14-;/m0./s1. The summed E-state index contributed by atoms with van der Waals surface area (Å²) in [4.78, 5) is 2.46. The lowest BCUT2D eigenvalue weighted by Gasteiger charge is -2.35. The molecular formula is C14H22ClFN2. The van der Waals surface area contributed by atoms with Crippen molar-refractivity contribution in [3.63, 3.8) is 0 Å². The maximum absolute atomic E-state index is 13.6. The number of benzene rings is 1. The number of nitrogens with zero attached hydrogens (tertiary/aromatic N) is 1. The minimum Gasteiger partial charge on any atom is -0.314 e. The highest BCUT2D eigenvalue weighted by molar-refractivity contribution is 5.85. The molecule has 0 aliphatic carbocycles. The normalized spacial score (nSPS) is 18.2. The fourth-order valence-corrected chi connectivity index (χ4v) is 2.65. The van der Waals surface area contributed by atoms with E-state index in [1.54, 1.807) is 6.07 Å². The van der Waals surface area contributed by atoms with Crippen LogP contribution in [-0.4, -0.2) is 31.1 Å². The van der Waals surface area contributed by atoms with E-state index >= 15 is 0 Å². The van der Waals surface area contributed by atoms with E-state index in [4.69, 9.17) is 0 Å². The van der Waals surface area contributed by atoms with Gasteiger partial charge in [-0.25, -0.2) is 4.39 Å². The molecule has 1 aliphatic heterocycles. The van der Waals surface area contributed by atoms with E-state index in [1.807, 2.05) is 13.0 Å². The number of piperazine rings is 1. The van der Waals surface area contributed by atoms with E-state index in [9.17, 15) is 4.39 Å². The van der Waals surface area contributed by atoms with E-state index in [0.29, 0.717) is 6.04 Å². The Morgan fingerprint density at radius 2 is 2.00 bits per heavy atom. The number of nitrogens with one attached hydrogen (secondary N) is 1. The molecule has 1 aliphatic rings. The van der Waals surface area contributed by atoms with Gasteiger partial charge in [0, 0.05) is 32.2 Å². The summed E-state index contributed by atoms with van der Waals surface area (Å²) in [6.07, 6.45) is 1.03. The fraction of sp³-hybridized carbons (Fsp3) is 0.571. The van der Waals surface area contributed by atoms with Gasteiger partial charge >= 0.3 is 0 Å². The maximum atomic E-state index is 13.6. The van der Waals surface area contributed by atoms with Crippen LogP contribution < -0.4 is 5.32 Å². The molecule has 1 saturated heterocycles. The second kappa shape index (κ2) is 7.07. The van der Waals surface area contributed by atoms with Gasteiger partial charge in [-0.2, -0.15) is 0 Å². The first-order valence-electron chi connectivity index (χ1n) is 6.43. The summed E-state index contributed by atoms with van der Waals surface area (Å²) in [6, 6.07) is 5.79. The highest BCUT2D eigenvalue weighted by atomic mass is 35.5. The third kappa shape index (κ3) is 3.22. The summed E-state index contributed by atoms with van der Waals surface area (Å²) in [7, 11) is 0. The van der Waals surface area contributed by atoms with Crippen molar-refractivity contribution < 1.29 is 4.39 Å². The SMILES string of the molecule is CC[C@@H](c1cccc(F)c1C)N1CCNCC1.Cl. The quantitative estimate of drug-likeness (QED) is 0.910. The third-order valence-corrected chi connectivity index (χ3v) is 3.65. The average molecular weight is 273 g/mol. The first-order chi connectivity index (χ1) is 8.24. The number of hydrogen-bond donors (Lipinski definition) is 1. The lowest BCUT2D eigenvalue weighted by Crippen LogP contribution is -2.45. The van der Waals surface area contributed by atoms with Crippen LogP contribution in [0.3, 0.4) is 0 Å². The van der Waals surface area contributed by atoms with Crippen molar-refractivity contribution in [2.45, 2.75) is 26.3 Å². The summed E-state index contributed by atoms with van der Waals surface area (Å²) < 4.78 is 13.6. The molecule has 2 rings (SSSR count). The van der Waals surface area contributed by atoms with E-state index in [1.165, 1.54) is 0 Å². The van der Waals surface area contributed by atoms with Gasteiger partial charge < -0.3 is 5.32 Å². The predicted octanol–water partition coefficient (Wildman–Crippen LogP) is 2.91. The van der Waals surface area contributed by atoms with Crippen molar-refractivity contribution in [3.05, 3.63) is 35.1 Å². The Balaban J connectivity index is 0.00000162. The smallest absolute Gasteiger partial charge is 0.126 e. The second-order valence-electron chi connectivity index (χ2n) is 4.66. The molecule has 0 amide bonds. The van der Waals surface area contributed by atoms with Crippen LogP contribution in [0.15, 0.2) is 18.2 Å². The van der Waals surface area contributed by atoms with E-state index in [-0.39, 0.29) is 18.2 Å². The number of halogens is 2. The molecule has 1 fully saturated rings. The summed E-state index contributed by atoms with van der Waals surface area (Å²) >= 11 is 0. The summed E-state index contributed by atoms with van der Waals surface area (Å²) in [5.74, 6) is -0.0870. The van der Waals surface area contributed by atoms with Gasteiger partial charge in [0.1, 0.15) is 5.82 Å². The lowest BCUT2D eigenvalue weighted by atomic mass is 9.97. The van der Waals surface area contributed by atoms with Crippen molar-refractivity contribution in [3.8, 4) is 0 Å². The Kier molecular flexibility index (Phi) is 6.06. The molecule has 0 aromatic heterocycles. The molecule has 1 atom stereocenters. The molecule has 0 bridgehead atoms. The number of hydrogen-bond acceptors (Lipinski definition) is 2. The zero-order valence-electron chi connectivity index (χ0n) is 11.1. The molecule has 1 aromatic rings. The Hall–Kier alpha value is -0.640. The highest BCUT2D eigenvalue weighted by Gasteiger charge is 2.22. The van der Waals surface area contributed by atoms with Gasteiger partial charge in [-0.05, 0) is 30.5 Å². The van der Waals surface area contributed by atoms with Crippen molar-refractivity contribution >= 4 is 12.4 Å². The van der Waals surface area contributed by atoms with Crippen molar-refractivity contribution in [1.82, 2.24) is 10.2 Å². The molecule has 0 spiro atoms. The zero-order chi connectivity index (χ0) is 12.3. The summed E-state index contributed by atoms with van der Waals surface area (Å²) in [5.41, 5.74) is 1.95. The monoisotopic (exact) mass is 272 g/mol. The first-order valence-corrected chi connectivity index (χ1v) is 6.43. The topological polar surface area (TPSA) is 15.3 Å². The van der Waals surface area contributed by atoms with Crippen LogP contribution in [0.2, 0.25) is 0 Å². The Labute approximate surface area is 115 Å². The average Bonchev–Trinajstić information content (AvgIpc) is 2.37. The molecule has 1 heterocycles. The minimum absolute atomic E-state index is 0. The summed E-state index contributed by atoms with van der Waals surface area (Å²) in [5, 5.41) is 3.36. The van der Waals surface area contributed by atoms with Crippen LogP contribution in [0.25, 0.3) is 0 Å². The summed E-state index contributed by atoms with van der Waals surface area (Å²) in [6.45, 7) is 8.23. The molecular weight excluding hydrogens is 251 g/mol. The van der Waals surface area contributed by atoms with E-state index in [2.05, 4.69) is 23.2 Å². The molecule has 0 radical (unpaired) electrons. The Morgan fingerprint density at radius 1 is 1.33 bits per heavy atom. The predicted molar refractivity (Wildman–Crippen MR) is 75.9 cm³/mol. The molecule has 18 heavy (non-hydrogen) atoms. The molecule has 4 heteroatoms. The molecule has 0 unspecified atom stereocenters. The minimum atomic E-state index is -0.0870. The Bertz CT molecular complexity index is 378. The fourth-order valence-electron chi connectivity index (χ4n) is 2.65. The molecule has 102 valence electrons. The lowest BCUT2D eigenvalue weighted by molar-refractivity contribution is 0.168. The van der Waals surface area contributed by atoms with Crippen LogP contribution in [0.4, 0.5) is 4.39 Å². The van der Waals surface area contributed by atoms with Gasteiger partial charge in [0.25, 0.3) is 0 Å². The van der Waals surface area contributed by atoms with Gasteiger partial charge in [-0.1, -0.05) is 19.1 Å². The molecule has 2 nitrogen and oxygen atoms in total. The Morgan fingerprint density at radius 3 is 2.61 bits per heavy atom. The molecule has 0 saturated carbocycles. The maximum Gasteiger partial charge on any atom is 0.126 e. The van der Waals surface area contributed by atoms with Crippen LogP contribution in [0.1, 0.15) is 30.5 Å². The van der Waals surface area contributed by atoms with Crippen LogP contribution in [0.5, 0.6) is 0 Å². The van der Waals surface area contributed by atoms with Crippen LogP contribution in [-0.2, 0) is 0 Å². The van der Waals surface area contributed by atoms with Gasteiger partial charge in [-0.15, -0.1) is 12.4 Å². The molecule has 1 aromatic carbocycles. The molecule has 1 N–H and O–H groups in total. The largest absolute Gasteiger partial charge is 0.314 e. The second-order valence-corrected chi connectivity index (χ2v) is 4.66. The van der Waals surface area contributed by atoms with Crippen molar-refractivity contribution in [2.24, 2.45) is 0 Å². The van der Waals surface area contributed by atoms with Gasteiger partial charge in [-0.3, -0.25) is 4.90 Å². The highest BCUT2D eigenvalue weighted by Crippen LogP contribution is 2.28. The van der Waals surface area contributed by atoms with Crippen molar-refractivity contribution in [2.75, 3.05) is 26.2 Å².